The average molecular weight is 227 g/mol. The molecule has 3 nitrogen and oxygen atoms in total. The maximum Gasteiger partial charge on any atom is 0.150 e. The molecule has 0 saturated heterocycles. The lowest BCUT2D eigenvalue weighted by molar-refractivity contribution is 0.573. The molecule has 1 aromatic carbocycles. The van der Waals surface area contributed by atoms with Gasteiger partial charge in [0.2, 0.25) is 0 Å². The van der Waals surface area contributed by atoms with Crippen LogP contribution >= 0.6 is 0 Å². The number of amidine groups is 1. The molecule has 0 fully saturated rings. The molecule has 88 valence electrons. The van der Waals surface area contributed by atoms with Crippen LogP contribution in [0.3, 0.4) is 0 Å². The minimum absolute atomic E-state index is 0.0602. The smallest absolute Gasteiger partial charge is 0.150 e. The zero-order valence-corrected chi connectivity index (χ0v) is 9.35. The van der Waals surface area contributed by atoms with Crippen molar-refractivity contribution in [1.29, 1.82) is 5.41 Å². The van der Waals surface area contributed by atoms with Crippen LogP contribution in [0, 0.1) is 17.0 Å². The van der Waals surface area contributed by atoms with E-state index in [1.807, 2.05) is 13.8 Å². The van der Waals surface area contributed by atoms with E-state index in [4.69, 9.17) is 11.1 Å². The molecule has 0 aliphatic rings. The summed E-state index contributed by atoms with van der Waals surface area (Å²) in [5.41, 5.74) is 5.18. The molecular weight excluding hydrogens is 212 g/mol. The van der Waals surface area contributed by atoms with Gasteiger partial charge in [0.1, 0.15) is 23.2 Å². The topological polar surface area (TPSA) is 53.1 Å². The highest BCUT2D eigenvalue weighted by molar-refractivity contribution is 5.95. The van der Waals surface area contributed by atoms with Gasteiger partial charge < -0.3 is 10.6 Å². The highest BCUT2D eigenvalue weighted by Crippen LogP contribution is 2.24. The summed E-state index contributed by atoms with van der Waals surface area (Å²) in [6.45, 7) is 4.68. The molecule has 0 aliphatic carbocycles. The second kappa shape index (κ2) is 4.92. The van der Waals surface area contributed by atoms with Crippen LogP contribution in [0.2, 0.25) is 0 Å². The molecule has 0 amide bonds. The van der Waals surface area contributed by atoms with Crippen LogP contribution in [0.15, 0.2) is 12.1 Å². The Kier molecular flexibility index (Phi) is 3.82. The highest BCUT2D eigenvalue weighted by atomic mass is 19.1. The maximum absolute atomic E-state index is 13.7. The van der Waals surface area contributed by atoms with E-state index in [-0.39, 0.29) is 17.1 Å². The fraction of sp³-hybridized carbons (Fsp3) is 0.364. The third-order valence-electron chi connectivity index (χ3n) is 2.41. The summed E-state index contributed by atoms with van der Waals surface area (Å²) in [6, 6.07) is 2.16. The maximum atomic E-state index is 13.7. The van der Waals surface area contributed by atoms with Gasteiger partial charge in [-0.2, -0.15) is 0 Å². The molecule has 0 atom stereocenters. The fourth-order valence-electron chi connectivity index (χ4n) is 1.56. The van der Waals surface area contributed by atoms with Crippen molar-refractivity contribution in [3.05, 3.63) is 29.3 Å². The number of nitrogens with zero attached hydrogens (tertiary/aromatic N) is 1. The molecule has 1 aromatic rings. The Hall–Kier alpha value is -1.65. The average Bonchev–Trinajstić information content (AvgIpc) is 2.22. The number of nitrogens with one attached hydrogen (secondary N) is 1. The predicted molar refractivity (Wildman–Crippen MR) is 60.9 cm³/mol. The second-order valence-electron chi connectivity index (χ2n) is 3.37. The Morgan fingerprint density at radius 1 is 1.25 bits per heavy atom. The summed E-state index contributed by atoms with van der Waals surface area (Å²) in [5.74, 6) is -1.72. The first-order valence-electron chi connectivity index (χ1n) is 5.09. The van der Waals surface area contributed by atoms with Gasteiger partial charge >= 0.3 is 0 Å². The normalized spacial score (nSPS) is 10.2. The van der Waals surface area contributed by atoms with Gasteiger partial charge in [-0.15, -0.1) is 0 Å². The SMILES string of the molecule is CCN(CC)c1c(F)cc(C(=N)N)cc1F. The summed E-state index contributed by atoms with van der Waals surface area (Å²) < 4.78 is 27.3. The van der Waals surface area contributed by atoms with Crippen LogP contribution in [0.25, 0.3) is 0 Å². The fourth-order valence-corrected chi connectivity index (χ4v) is 1.56. The molecule has 3 N–H and O–H groups in total. The van der Waals surface area contributed by atoms with Crippen molar-refractivity contribution in [2.45, 2.75) is 13.8 Å². The molecule has 0 saturated carbocycles. The largest absolute Gasteiger partial charge is 0.384 e. The summed E-state index contributed by atoms with van der Waals surface area (Å²) in [6.07, 6.45) is 0. The Morgan fingerprint density at radius 2 is 1.69 bits per heavy atom. The second-order valence-corrected chi connectivity index (χ2v) is 3.37. The Bertz CT molecular complexity index is 377. The van der Waals surface area contributed by atoms with Gasteiger partial charge in [-0.1, -0.05) is 0 Å². The molecule has 0 spiro atoms. The number of halogens is 2. The quantitative estimate of drug-likeness (QED) is 0.611. The molecule has 16 heavy (non-hydrogen) atoms. The first-order valence-corrected chi connectivity index (χ1v) is 5.09. The monoisotopic (exact) mass is 227 g/mol. The Morgan fingerprint density at radius 3 is 2.00 bits per heavy atom. The zero-order chi connectivity index (χ0) is 12.3. The third kappa shape index (κ3) is 2.29. The number of nitrogen functional groups attached to an aromatic ring is 1. The molecule has 0 aliphatic heterocycles. The molecule has 0 bridgehead atoms. The Balaban J connectivity index is 3.26. The van der Waals surface area contributed by atoms with Crippen LogP contribution < -0.4 is 10.6 Å². The van der Waals surface area contributed by atoms with Crippen LogP contribution in [0.4, 0.5) is 14.5 Å². The summed E-state index contributed by atoms with van der Waals surface area (Å²) in [7, 11) is 0. The lowest BCUT2D eigenvalue weighted by atomic mass is 10.1. The minimum atomic E-state index is -0.686. The van der Waals surface area contributed by atoms with Crippen LogP contribution in [0.1, 0.15) is 19.4 Å². The van der Waals surface area contributed by atoms with Gasteiger partial charge in [0, 0.05) is 18.7 Å². The van der Waals surface area contributed by atoms with Gasteiger partial charge in [-0.3, -0.25) is 5.41 Å². The molecule has 0 aromatic heterocycles. The van der Waals surface area contributed by atoms with Gasteiger partial charge in [0.15, 0.2) is 0 Å². The molecule has 0 unspecified atom stereocenters. The van der Waals surface area contributed by atoms with Crippen molar-refractivity contribution in [1.82, 2.24) is 0 Å². The van der Waals surface area contributed by atoms with E-state index >= 15 is 0 Å². The van der Waals surface area contributed by atoms with Crippen molar-refractivity contribution < 1.29 is 8.78 Å². The molecule has 5 heteroatoms. The van der Waals surface area contributed by atoms with E-state index in [0.29, 0.717) is 13.1 Å². The zero-order valence-electron chi connectivity index (χ0n) is 9.35. The van der Waals surface area contributed by atoms with Crippen molar-refractivity contribution in [3.8, 4) is 0 Å². The number of hydrogen-bond acceptors (Lipinski definition) is 2. The number of rotatable bonds is 4. The van der Waals surface area contributed by atoms with E-state index in [1.54, 1.807) is 4.90 Å². The van der Waals surface area contributed by atoms with Crippen molar-refractivity contribution >= 4 is 11.5 Å². The summed E-state index contributed by atoms with van der Waals surface area (Å²) in [4.78, 5) is 1.58. The van der Waals surface area contributed by atoms with E-state index in [9.17, 15) is 8.78 Å². The van der Waals surface area contributed by atoms with Crippen molar-refractivity contribution in [2.75, 3.05) is 18.0 Å². The first-order chi connectivity index (χ1) is 7.51. The van der Waals surface area contributed by atoms with Crippen molar-refractivity contribution in [3.63, 3.8) is 0 Å². The van der Waals surface area contributed by atoms with Gasteiger partial charge in [-0.25, -0.2) is 8.78 Å². The number of anilines is 1. The molecular formula is C11H15F2N3. The van der Waals surface area contributed by atoms with Gasteiger partial charge in [-0.05, 0) is 26.0 Å². The number of benzene rings is 1. The summed E-state index contributed by atoms with van der Waals surface area (Å²) >= 11 is 0. The standard InChI is InChI=1S/C11H15F2N3/c1-3-16(4-2)10-8(12)5-7(11(14)15)6-9(10)13/h5-6H,3-4H2,1-2H3,(H3,14,15). The van der Waals surface area contributed by atoms with Crippen LogP contribution in [-0.4, -0.2) is 18.9 Å². The van der Waals surface area contributed by atoms with E-state index in [2.05, 4.69) is 0 Å². The number of nitrogens with two attached hydrogens (primary N) is 1. The van der Waals surface area contributed by atoms with Gasteiger partial charge in [0.05, 0.1) is 0 Å². The van der Waals surface area contributed by atoms with Gasteiger partial charge in [0.25, 0.3) is 0 Å². The van der Waals surface area contributed by atoms with Crippen molar-refractivity contribution in [2.24, 2.45) is 5.73 Å². The third-order valence-corrected chi connectivity index (χ3v) is 2.41. The summed E-state index contributed by atoms with van der Waals surface area (Å²) in [5, 5.41) is 7.13. The van der Waals surface area contributed by atoms with Crippen LogP contribution in [-0.2, 0) is 0 Å². The Labute approximate surface area is 93.4 Å². The molecule has 1 rings (SSSR count). The molecule has 0 heterocycles. The first kappa shape index (κ1) is 12.4. The van der Waals surface area contributed by atoms with E-state index < -0.39 is 11.6 Å². The molecule has 0 radical (unpaired) electrons. The van der Waals surface area contributed by atoms with E-state index in [0.717, 1.165) is 12.1 Å². The lowest BCUT2D eigenvalue weighted by Gasteiger charge is -2.22. The van der Waals surface area contributed by atoms with E-state index in [1.165, 1.54) is 0 Å². The highest BCUT2D eigenvalue weighted by Gasteiger charge is 2.16. The lowest BCUT2D eigenvalue weighted by Crippen LogP contribution is -2.25. The predicted octanol–water partition coefficient (Wildman–Crippen LogP) is 2.10. The number of hydrogen-bond donors (Lipinski definition) is 2. The minimum Gasteiger partial charge on any atom is -0.384 e. The van der Waals surface area contributed by atoms with Crippen LogP contribution in [0.5, 0.6) is 0 Å².